The van der Waals surface area contributed by atoms with Gasteiger partial charge in [-0.15, -0.1) is 0 Å². The molecule has 0 aliphatic heterocycles. The molecule has 0 fully saturated rings. The fourth-order valence-electron chi connectivity index (χ4n) is 1.33. The first-order chi connectivity index (χ1) is 8.08. The van der Waals surface area contributed by atoms with Gasteiger partial charge in [-0.1, -0.05) is 6.92 Å². The van der Waals surface area contributed by atoms with E-state index in [-0.39, 0.29) is 18.6 Å². The van der Waals surface area contributed by atoms with Crippen LogP contribution in [0.15, 0.2) is 18.3 Å². The number of aliphatic hydroxyl groups is 1. The van der Waals surface area contributed by atoms with Gasteiger partial charge in [-0.3, -0.25) is 4.79 Å². The van der Waals surface area contributed by atoms with E-state index in [1.807, 2.05) is 25.9 Å². The summed E-state index contributed by atoms with van der Waals surface area (Å²) >= 11 is 0. The van der Waals surface area contributed by atoms with Gasteiger partial charge in [0.2, 0.25) is 0 Å². The lowest BCUT2D eigenvalue weighted by Crippen LogP contribution is -2.36. The maximum absolute atomic E-state index is 11.8. The van der Waals surface area contributed by atoms with E-state index in [1.165, 1.54) is 6.20 Å². The summed E-state index contributed by atoms with van der Waals surface area (Å²) in [5.41, 5.74) is 0.502. The third kappa shape index (κ3) is 3.71. The predicted octanol–water partition coefficient (Wildman–Crippen LogP) is 0.648. The van der Waals surface area contributed by atoms with Crippen molar-refractivity contribution in [2.75, 3.05) is 25.6 Å². The zero-order valence-electron chi connectivity index (χ0n) is 10.5. The summed E-state index contributed by atoms with van der Waals surface area (Å²) < 4.78 is 0. The van der Waals surface area contributed by atoms with E-state index in [4.69, 9.17) is 5.11 Å². The van der Waals surface area contributed by atoms with Crippen LogP contribution in [0.25, 0.3) is 0 Å². The number of amides is 1. The second-order valence-electron chi connectivity index (χ2n) is 4.06. The van der Waals surface area contributed by atoms with Crippen molar-refractivity contribution in [1.29, 1.82) is 0 Å². The lowest BCUT2D eigenvalue weighted by Gasteiger charge is -2.14. The van der Waals surface area contributed by atoms with Crippen molar-refractivity contribution < 1.29 is 9.90 Å². The number of hydrogen-bond donors (Lipinski definition) is 2. The van der Waals surface area contributed by atoms with Gasteiger partial charge in [-0.05, 0) is 18.6 Å². The van der Waals surface area contributed by atoms with Crippen molar-refractivity contribution >= 4 is 11.7 Å². The van der Waals surface area contributed by atoms with E-state index in [0.717, 1.165) is 5.82 Å². The normalized spacial score (nSPS) is 12.0. The molecule has 1 rings (SSSR count). The van der Waals surface area contributed by atoms with Crippen molar-refractivity contribution in [3.8, 4) is 0 Å². The number of carbonyl (C=O) groups excluding carboxylic acids is 1. The number of pyridine rings is 1. The highest BCUT2D eigenvalue weighted by Crippen LogP contribution is 2.08. The van der Waals surface area contributed by atoms with Crippen LogP contribution >= 0.6 is 0 Å². The molecule has 0 aromatic carbocycles. The summed E-state index contributed by atoms with van der Waals surface area (Å²) in [5, 5.41) is 11.7. The number of nitrogens with zero attached hydrogens (tertiary/aromatic N) is 2. The van der Waals surface area contributed by atoms with Crippen molar-refractivity contribution in [1.82, 2.24) is 10.3 Å². The third-order valence-electron chi connectivity index (χ3n) is 2.52. The van der Waals surface area contributed by atoms with Crippen molar-refractivity contribution in [2.45, 2.75) is 19.4 Å². The van der Waals surface area contributed by atoms with Gasteiger partial charge in [0.1, 0.15) is 5.82 Å². The highest BCUT2D eigenvalue weighted by Gasteiger charge is 2.11. The predicted molar refractivity (Wildman–Crippen MR) is 67.2 cm³/mol. The minimum Gasteiger partial charge on any atom is -0.394 e. The quantitative estimate of drug-likeness (QED) is 0.789. The third-order valence-corrected chi connectivity index (χ3v) is 2.52. The van der Waals surface area contributed by atoms with Crippen LogP contribution in [-0.4, -0.2) is 42.7 Å². The maximum Gasteiger partial charge on any atom is 0.253 e. The molecule has 1 aromatic heterocycles. The average molecular weight is 237 g/mol. The molecule has 0 spiro atoms. The molecular formula is C12H19N3O2. The topological polar surface area (TPSA) is 65.5 Å². The Morgan fingerprint density at radius 1 is 1.53 bits per heavy atom. The molecule has 1 heterocycles. The average Bonchev–Trinajstić information content (AvgIpc) is 2.35. The second kappa shape index (κ2) is 6.20. The highest BCUT2D eigenvalue weighted by molar-refractivity contribution is 5.94. The minimum absolute atomic E-state index is 0.0501. The van der Waals surface area contributed by atoms with Crippen LogP contribution in [0.2, 0.25) is 0 Å². The van der Waals surface area contributed by atoms with Crippen LogP contribution in [0, 0.1) is 0 Å². The van der Waals surface area contributed by atoms with Gasteiger partial charge in [0.25, 0.3) is 5.91 Å². The molecule has 1 amide bonds. The monoisotopic (exact) mass is 237 g/mol. The number of rotatable bonds is 5. The van der Waals surface area contributed by atoms with Gasteiger partial charge in [-0.25, -0.2) is 4.98 Å². The first-order valence-electron chi connectivity index (χ1n) is 5.63. The molecule has 5 heteroatoms. The molecule has 0 bridgehead atoms. The van der Waals surface area contributed by atoms with Crippen molar-refractivity contribution in [3.63, 3.8) is 0 Å². The molecular weight excluding hydrogens is 218 g/mol. The first kappa shape index (κ1) is 13.4. The SMILES string of the molecule is CC[C@H](CO)NC(=O)c1ccc(N(C)C)nc1. The molecule has 0 saturated carbocycles. The standard InChI is InChI=1S/C12H19N3O2/c1-4-10(8-16)14-12(17)9-5-6-11(13-7-9)15(2)3/h5-7,10,16H,4,8H2,1-3H3,(H,14,17)/t10-/m1/s1. The minimum atomic E-state index is -0.205. The molecule has 0 saturated heterocycles. The van der Waals surface area contributed by atoms with E-state index in [2.05, 4.69) is 10.3 Å². The highest BCUT2D eigenvalue weighted by atomic mass is 16.3. The Hall–Kier alpha value is -1.62. The number of hydrogen-bond acceptors (Lipinski definition) is 4. The molecule has 0 radical (unpaired) electrons. The van der Waals surface area contributed by atoms with Gasteiger partial charge < -0.3 is 15.3 Å². The second-order valence-corrected chi connectivity index (χ2v) is 4.06. The number of anilines is 1. The van der Waals surface area contributed by atoms with Crippen molar-refractivity contribution in [3.05, 3.63) is 23.9 Å². The molecule has 1 atom stereocenters. The molecule has 0 aliphatic rings. The number of carbonyl (C=O) groups is 1. The van der Waals surface area contributed by atoms with E-state index in [0.29, 0.717) is 12.0 Å². The molecule has 0 unspecified atom stereocenters. The summed E-state index contributed by atoms with van der Waals surface area (Å²) in [6.45, 7) is 1.86. The Morgan fingerprint density at radius 2 is 2.24 bits per heavy atom. The van der Waals surface area contributed by atoms with Crippen LogP contribution in [0.4, 0.5) is 5.82 Å². The lowest BCUT2D eigenvalue weighted by molar-refractivity contribution is 0.0914. The van der Waals surface area contributed by atoms with E-state index in [1.54, 1.807) is 12.1 Å². The van der Waals surface area contributed by atoms with Crippen LogP contribution < -0.4 is 10.2 Å². The molecule has 17 heavy (non-hydrogen) atoms. The Bertz CT molecular complexity index is 359. The fourth-order valence-corrected chi connectivity index (χ4v) is 1.33. The Kier molecular flexibility index (Phi) is 4.90. The molecule has 5 nitrogen and oxygen atoms in total. The molecule has 2 N–H and O–H groups in total. The van der Waals surface area contributed by atoms with E-state index < -0.39 is 0 Å². The lowest BCUT2D eigenvalue weighted by atomic mass is 10.2. The summed E-state index contributed by atoms with van der Waals surface area (Å²) in [4.78, 5) is 17.8. The van der Waals surface area contributed by atoms with Crippen LogP contribution in [0.5, 0.6) is 0 Å². The summed E-state index contributed by atoms with van der Waals surface area (Å²) in [6, 6.07) is 3.31. The zero-order chi connectivity index (χ0) is 12.8. The van der Waals surface area contributed by atoms with E-state index >= 15 is 0 Å². The Morgan fingerprint density at radius 3 is 2.65 bits per heavy atom. The van der Waals surface area contributed by atoms with Gasteiger partial charge in [0, 0.05) is 20.3 Å². The summed E-state index contributed by atoms with van der Waals surface area (Å²) in [6.07, 6.45) is 2.24. The summed E-state index contributed by atoms with van der Waals surface area (Å²) in [5.74, 6) is 0.597. The van der Waals surface area contributed by atoms with Crippen LogP contribution in [0.3, 0.4) is 0 Å². The van der Waals surface area contributed by atoms with Gasteiger partial charge in [-0.2, -0.15) is 0 Å². The van der Waals surface area contributed by atoms with E-state index in [9.17, 15) is 4.79 Å². The number of nitrogens with one attached hydrogen (secondary N) is 1. The summed E-state index contributed by atoms with van der Waals surface area (Å²) in [7, 11) is 3.78. The van der Waals surface area contributed by atoms with Crippen molar-refractivity contribution in [2.24, 2.45) is 0 Å². The zero-order valence-corrected chi connectivity index (χ0v) is 10.5. The number of aromatic nitrogens is 1. The fraction of sp³-hybridized carbons (Fsp3) is 0.500. The number of aliphatic hydroxyl groups excluding tert-OH is 1. The Balaban J connectivity index is 2.69. The van der Waals surface area contributed by atoms with Gasteiger partial charge in [0.05, 0.1) is 18.2 Å². The van der Waals surface area contributed by atoms with Crippen LogP contribution in [-0.2, 0) is 0 Å². The van der Waals surface area contributed by atoms with Gasteiger partial charge in [0.15, 0.2) is 0 Å². The largest absolute Gasteiger partial charge is 0.394 e. The molecule has 0 aliphatic carbocycles. The van der Waals surface area contributed by atoms with Crippen LogP contribution in [0.1, 0.15) is 23.7 Å². The van der Waals surface area contributed by atoms with Gasteiger partial charge >= 0.3 is 0 Å². The molecule has 1 aromatic rings. The maximum atomic E-state index is 11.8. The first-order valence-corrected chi connectivity index (χ1v) is 5.63. The Labute approximate surface area is 101 Å². The smallest absolute Gasteiger partial charge is 0.253 e. The molecule has 94 valence electrons.